The molecule has 25 heavy (non-hydrogen) atoms. The van der Waals surface area contributed by atoms with Gasteiger partial charge in [0.1, 0.15) is 0 Å². The summed E-state index contributed by atoms with van der Waals surface area (Å²) < 4.78 is 0. The Labute approximate surface area is 200 Å². The van der Waals surface area contributed by atoms with Gasteiger partial charge in [0.15, 0.2) is 0 Å². The van der Waals surface area contributed by atoms with Crippen LogP contribution in [0.5, 0.6) is 0 Å². The predicted molar refractivity (Wildman–Crippen MR) is 97.4 cm³/mol. The minimum absolute atomic E-state index is 0. The standard InChI is InChI=1S/C16H36P.2CO.3BrH.Co/c1-5-9-13-17(14-10-6-2,15-11-7-3)16-12-8-4;2*1-2;;;;/h5-16H2,1-4H3;;;3*1H;/q+1;;;;;;+2/p-3. The van der Waals surface area contributed by atoms with Gasteiger partial charge >= 0.3 is 16.8 Å². The maximum absolute atomic E-state index is 7.50. The Morgan fingerprint density at radius 1 is 0.520 bits per heavy atom. The van der Waals surface area contributed by atoms with E-state index in [2.05, 4.69) is 41.3 Å². The molecule has 0 aromatic carbocycles. The van der Waals surface area contributed by atoms with E-state index in [0.717, 1.165) is 0 Å². The molecule has 155 valence electrons. The topological polar surface area (TPSA) is 34.1 Å². The van der Waals surface area contributed by atoms with Crippen molar-refractivity contribution in [2.45, 2.75) is 79.1 Å². The van der Waals surface area contributed by atoms with E-state index in [1.165, 1.54) is 51.4 Å². The summed E-state index contributed by atoms with van der Waals surface area (Å²) in [6, 6.07) is 0. The molecule has 5 radical (unpaired) electrons. The molecule has 0 unspecified atom stereocenters. The first kappa shape index (κ1) is 45.5. The van der Waals surface area contributed by atoms with Crippen molar-refractivity contribution in [1.82, 2.24) is 0 Å². The molecule has 7 heteroatoms. The smallest absolute Gasteiger partial charge is 1.00 e. The minimum atomic E-state index is -0.562. The van der Waals surface area contributed by atoms with Gasteiger partial charge in [0, 0.05) is 7.26 Å². The summed E-state index contributed by atoms with van der Waals surface area (Å²) in [4.78, 5) is 15.0. The number of unbranched alkanes of at least 4 members (excludes halogenated alkanes) is 4. The van der Waals surface area contributed by atoms with E-state index < -0.39 is 7.26 Å². The van der Waals surface area contributed by atoms with Crippen molar-refractivity contribution in [2.24, 2.45) is 0 Å². The molecule has 0 aliphatic rings. The average Bonchev–Trinajstić information content (AvgIpc) is 2.57. The van der Waals surface area contributed by atoms with Gasteiger partial charge in [-0.05, 0) is 25.7 Å². The molecule has 0 bridgehead atoms. The summed E-state index contributed by atoms with van der Waals surface area (Å²) in [7, 11) is -0.562. The van der Waals surface area contributed by atoms with E-state index in [0.29, 0.717) is 0 Å². The van der Waals surface area contributed by atoms with Gasteiger partial charge in [-0.25, -0.2) is 0 Å². The van der Waals surface area contributed by atoms with E-state index in [-0.39, 0.29) is 67.7 Å². The molecular formula is C18H36Br3CoO2P. The van der Waals surface area contributed by atoms with E-state index in [1.54, 1.807) is 24.6 Å². The fraction of sp³-hybridized carbons (Fsp3) is 0.889. The van der Waals surface area contributed by atoms with Gasteiger partial charge in [-0.2, -0.15) is 0 Å². The third-order valence-electron chi connectivity index (χ3n) is 3.94. The zero-order chi connectivity index (χ0) is 17.0. The van der Waals surface area contributed by atoms with Crippen molar-refractivity contribution < 1.29 is 77.3 Å². The summed E-state index contributed by atoms with van der Waals surface area (Å²) in [5.41, 5.74) is 0. The molecule has 0 N–H and O–H groups in total. The minimum Gasteiger partial charge on any atom is -1.00 e. The quantitative estimate of drug-likeness (QED) is 0.214. The predicted octanol–water partition coefficient (Wildman–Crippen LogP) is -3.58. The van der Waals surface area contributed by atoms with Crippen LogP contribution in [0.3, 0.4) is 0 Å². The van der Waals surface area contributed by atoms with Crippen LogP contribution in [-0.2, 0) is 26.4 Å². The van der Waals surface area contributed by atoms with Crippen LogP contribution in [0.2, 0.25) is 0 Å². The Balaban J connectivity index is -0.0000000751. The second-order valence-electron chi connectivity index (χ2n) is 5.65. The molecule has 0 aliphatic heterocycles. The molecule has 0 spiro atoms. The second kappa shape index (κ2) is 40.4. The Morgan fingerprint density at radius 2 is 0.680 bits per heavy atom. The number of carbonyl (C=O) groups excluding carboxylic acids is 2. The maximum Gasteiger partial charge on any atom is 2.00 e. The van der Waals surface area contributed by atoms with Crippen molar-refractivity contribution in [3.8, 4) is 0 Å². The molecule has 0 saturated heterocycles. The number of halogens is 3. The summed E-state index contributed by atoms with van der Waals surface area (Å²) in [6.45, 7) is 18.4. The van der Waals surface area contributed by atoms with Crippen molar-refractivity contribution in [2.75, 3.05) is 24.6 Å². The molecule has 0 aromatic rings. The molecule has 0 fully saturated rings. The average molecular weight is 614 g/mol. The van der Waals surface area contributed by atoms with E-state index >= 15 is 0 Å². The SMILES string of the molecule is CCCC[P+](CCCC)(CCCC)CCCC.[Br-].[Br-].[Br-].[C]=O.[C]=O.[Co+2]. The largest absolute Gasteiger partial charge is 2.00 e. The summed E-state index contributed by atoms with van der Waals surface area (Å²) in [5.74, 6) is 0. The van der Waals surface area contributed by atoms with Crippen LogP contribution in [-0.4, -0.2) is 38.2 Å². The number of rotatable bonds is 12. The van der Waals surface area contributed by atoms with Gasteiger partial charge in [-0.3, -0.25) is 9.59 Å². The van der Waals surface area contributed by atoms with Crippen LogP contribution < -0.4 is 50.9 Å². The van der Waals surface area contributed by atoms with Crippen LogP contribution in [0.15, 0.2) is 0 Å². The first-order valence-electron chi connectivity index (χ1n) is 8.50. The van der Waals surface area contributed by atoms with Crippen molar-refractivity contribution in [3.63, 3.8) is 0 Å². The van der Waals surface area contributed by atoms with Crippen LogP contribution in [0, 0.1) is 0 Å². The third kappa shape index (κ3) is 30.7. The Morgan fingerprint density at radius 3 is 0.800 bits per heavy atom. The Hall–Kier alpha value is 1.72. The van der Waals surface area contributed by atoms with Crippen molar-refractivity contribution >= 4 is 20.8 Å². The van der Waals surface area contributed by atoms with Crippen molar-refractivity contribution in [1.29, 1.82) is 0 Å². The molecule has 0 atom stereocenters. The molecule has 2 nitrogen and oxygen atoms in total. The molecule has 0 rings (SSSR count). The molecule has 0 saturated carbocycles. The second-order valence-corrected chi connectivity index (χ2v) is 10.1. The Kier molecular flexibility index (Phi) is 73.5. The summed E-state index contributed by atoms with van der Waals surface area (Å²) in [6.07, 6.45) is 17.9. The summed E-state index contributed by atoms with van der Waals surface area (Å²) >= 11 is 0. The normalized spacial score (nSPS) is 8.48. The molecule has 0 amide bonds. The van der Waals surface area contributed by atoms with E-state index in [1.807, 2.05) is 0 Å². The number of hydrogen-bond acceptors (Lipinski definition) is 2. The van der Waals surface area contributed by atoms with Gasteiger partial charge < -0.3 is 50.9 Å². The van der Waals surface area contributed by atoms with Gasteiger partial charge in [-0.1, -0.05) is 53.4 Å². The van der Waals surface area contributed by atoms with Gasteiger partial charge in [0.05, 0.1) is 24.6 Å². The third-order valence-corrected chi connectivity index (χ3v) is 9.00. The Bertz CT molecular complexity index is 166. The zero-order valence-corrected chi connectivity index (χ0v) is 22.9. The molecular weight excluding hydrogens is 578 g/mol. The van der Waals surface area contributed by atoms with E-state index in [9.17, 15) is 0 Å². The van der Waals surface area contributed by atoms with Crippen LogP contribution in [0.1, 0.15) is 79.1 Å². The molecule has 0 aliphatic carbocycles. The fourth-order valence-corrected chi connectivity index (χ4v) is 7.93. The number of hydrogen-bond donors (Lipinski definition) is 0. The molecule has 0 aromatic heterocycles. The van der Waals surface area contributed by atoms with Crippen molar-refractivity contribution in [3.05, 3.63) is 0 Å². The maximum atomic E-state index is 7.50. The van der Waals surface area contributed by atoms with Crippen LogP contribution in [0.4, 0.5) is 0 Å². The molecule has 0 heterocycles. The van der Waals surface area contributed by atoms with Gasteiger partial charge in [0.25, 0.3) is 13.6 Å². The monoisotopic (exact) mass is 611 g/mol. The van der Waals surface area contributed by atoms with E-state index in [4.69, 9.17) is 9.59 Å². The van der Waals surface area contributed by atoms with Gasteiger partial charge in [0.2, 0.25) is 0 Å². The zero-order valence-electron chi connectivity index (χ0n) is 16.2. The first-order valence-corrected chi connectivity index (χ1v) is 11.0. The first-order chi connectivity index (χ1) is 10.2. The summed E-state index contributed by atoms with van der Waals surface area (Å²) in [5, 5.41) is 0. The van der Waals surface area contributed by atoms with Crippen LogP contribution >= 0.6 is 7.26 Å². The van der Waals surface area contributed by atoms with Crippen LogP contribution in [0.25, 0.3) is 0 Å². The fourth-order valence-electron chi connectivity index (χ4n) is 2.64. The van der Waals surface area contributed by atoms with Gasteiger partial charge in [-0.15, -0.1) is 0 Å².